The molecule has 0 atom stereocenters. The third-order valence-electron chi connectivity index (χ3n) is 3.13. The molecule has 6 heteroatoms. The second-order valence-corrected chi connectivity index (χ2v) is 6.30. The topological polar surface area (TPSA) is 55.4 Å². The van der Waals surface area contributed by atoms with E-state index in [9.17, 15) is 9.59 Å². The van der Waals surface area contributed by atoms with E-state index in [0.717, 1.165) is 0 Å². The molecule has 0 aromatic heterocycles. The van der Waals surface area contributed by atoms with Gasteiger partial charge in [0.15, 0.2) is 0 Å². The molecular formula is C19H17Cl2NO3. The summed E-state index contributed by atoms with van der Waals surface area (Å²) in [6, 6.07) is 11.6. The first-order chi connectivity index (χ1) is 11.9. The number of esters is 1. The van der Waals surface area contributed by atoms with E-state index in [1.807, 2.05) is 0 Å². The minimum absolute atomic E-state index is 0.186. The molecule has 0 spiro atoms. The standard InChI is InChI=1S/C19H17Cl2NO3/c1-12(2)25-19(24)13-6-8-14(9-7-13)22-18(23)11-10-15-16(20)4-3-5-17(15)21/h3-12H,1-2H3,(H,22,23). The first-order valence-electron chi connectivity index (χ1n) is 7.61. The van der Waals surface area contributed by atoms with Gasteiger partial charge in [0, 0.05) is 27.4 Å². The summed E-state index contributed by atoms with van der Waals surface area (Å²) in [5, 5.41) is 3.62. The average Bonchev–Trinajstić information content (AvgIpc) is 2.54. The highest BCUT2D eigenvalue weighted by Gasteiger charge is 2.09. The molecule has 2 aromatic carbocycles. The maximum atomic E-state index is 12.0. The second-order valence-electron chi connectivity index (χ2n) is 5.49. The van der Waals surface area contributed by atoms with E-state index >= 15 is 0 Å². The van der Waals surface area contributed by atoms with Crippen LogP contribution in [0.1, 0.15) is 29.8 Å². The molecule has 0 saturated carbocycles. The van der Waals surface area contributed by atoms with Crippen LogP contribution in [0.5, 0.6) is 0 Å². The molecular weight excluding hydrogens is 361 g/mol. The summed E-state index contributed by atoms with van der Waals surface area (Å²) in [4.78, 5) is 23.8. The van der Waals surface area contributed by atoms with E-state index in [4.69, 9.17) is 27.9 Å². The number of amides is 1. The van der Waals surface area contributed by atoms with Crippen LogP contribution in [0.25, 0.3) is 6.08 Å². The molecule has 0 unspecified atom stereocenters. The highest BCUT2D eigenvalue weighted by atomic mass is 35.5. The van der Waals surface area contributed by atoms with Gasteiger partial charge in [0.2, 0.25) is 5.91 Å². The predicted molar refractivity (Wildman–Crippen MR) is 101 cm³/mol. The molecule has 0 saturated heterocycles. The van der Waals surface area contributed by atoms with Gasteiger partial charge in [0.1, 0.15) is 0 Å². The normalized spacial score (nSPS) is 10.9. The molecule has 4 nitrogen and oxygen atoms in total. The van der Waals surface area contributed by atoms with Crippen LogP contribution in [0.2, 0.25) is 10.0 Å². The Labute approximate surface area is 156 Å². The fourth-order valence-corrected chi connectivity index (χ4v) is 2.51. The van der Waals surface area contributed by atoms with Crippen LogP contribution >= 0.6 is 23.2 Å². The number of hydrogen-bond acceptors (Lipinski definition) is 3. The molecule has 1 amide bonds. The Morgan fingerprint density at radius 1 is 1.04 bits per heavy atom. The Kier molecular flexibility index (Phi) is 6.62. The van der Waals surface area contributed by atoms with E-state index in [1.54, 1.807) is 62.4 Å². The summed E-state index contributed by atoms with van der Waals surface area (Å²) in [5.74, 6) is -0.741. The lowest BCUT2D eigenvalue weighted by Gasteiger charge is -2.08. The van der Waals surface area contributed by atoms with Crippen LogP contribution < -0.4 is 5.32 Å². The zero-order valence-corrected chi connectivity index (χ0v) is 15.3. The van der Waals surface area contributed by atoms with Gasteiger partial charge in [-0.3, -0.25) is 4.79 Å². The number of carbonyl (C=O) groups excluding carboxylic acids is 2. The van der Waals surface area contributed by atoms with Gasteiger partial charge in [-0.15, -0.1) is 0 Å². The van der Waals surface area contributed by atoms with E-state index in [-0.39, 0.29) is 12.0 Å². The highest BCUT2D eigenvalue weighted by Crippen LogP contribution is 2.25. The maximum Gasteiger partial charge on any atom is 0.338 e. The van der Waals surface area contributed by atoms with Crippen molar-refractivity contribution in [2.24, 2.45) is 0 Å². The van der Waals surface area contributed by atoms with Crippen molar-refractivity contribution in [2.75, 3.05) is 5.32 Å². The molecule has 2 aromatic rings. The Balaban J connectivity index is 2.01. The fraction of sp³-hybridized carbons (Fsp3) is 0.158. The summed E-state index contributed by atoms with van der Waals surface area (Å²) in [6.07, 6.45) is 2.70. The van der Waals surface area contributed by atoms with Crippen molar-refractivity contribution in [3.8, 4) is 0 Å². The third-order valence-corrected chi connectivity index (χ3v) is 3.79. The Morgan fingerprint density at radius 3 is 2.20 bits per heavy atom. The minimum Gasteiger partial charge on any atom is -0.459 e. The number of anilines is 1. The van der Waals surface area contributed by atoms with Crippen molar-refractivity contribution in [1.29, 1.82) is 0 Å². The van der Waals surface area contributed by atoms with Gasteiger partial charge in [-0.2, -0.15) is 0 Å². The van der Waals surface area contributed by atoms with E-state index in [0.29, 0.717) is 26.9 Å². The number of benzene rings is 2. The summed E-state index contributed by atoms with van der Waals surface area (Å²) < 4.78 is 5.10. The summed E-state index contributed by atoms with van der Waals surface area (Å²) in [7, 11) is 0. The van der Waals surface area contributed by atoms with Gasteiger partial charge in [-0.1, -0.05) is 29.3 Å². The summed E-state index contributed by atoms with van der Waals surface area (Å²) >= 11 is 12.1. The maximum absolute atomic E-state index is 12.0. The fourth-order valence-electron chi connectivity index (χ4n) is 1.98. The average molecular weight is 378 g/mol. The van der Waals surface area contributed by atoms with Crippen molar-refractivity contribution < 1.29 is 14.3 Å². The number of ether oxygens (including phenoxy) is 1. The zero-order chi connectivity index (χ0) is 18.4. The molecule has 0 radical (unpaired) electrons. The Hall–Kier alpha value is -2.30. The van der Waals surface area contributed by atoms with E-state index < -0.39 is 5.97 Å². The molecule has 0 aliphatic carbocycles. The van der Waals surface area contributed by atoms with Crippen molar-refractivity contribution in [1.82, 2.24) is 0 Å². The van der Waals surface area contributed by atoms with Gasteiger partial charge in [0.05, 0.1) is 11.7 Å². The first-order valence-corrected chi connectivity index (χ1v) is 8.36. The predicted octanol–water partition coefficient (Wildman–Crippen LogP) is 5.21. The van der Waals surface area contributed by atoms with Gasteiger partial charge in [-0.05, 0) is 56.3 Å². The van der Waals surface area contributed by atoms with E-state index in [1.165, 1.54) is 6.08 Å². The summed E-state index contributed by atoms with van der Waals surface area (Å²) in [5.41, 5.74) is 1.55. The molecule has 0 fully saturated rings. The SMILES string of the molecule is CC(C)OC(=O)c1ccc(NC(=O)C=Cc2c(Cl)cccc2Cl)cc1. The Morgan fingerprint density at radius 2 is 1.64 bits per heavy atom. The van der Waals surface area contributed by atoms with Gasteiger partial charge < -0.3 is 10.1 Å². The molecule has 0 aliphatic heterocycles. The third kappa shape index (κ3) is 5.62. The molecule has 0 heterocycles. The molecule has 1 N–H and O–H groups in total. The lowest BCUT2D eigenvalue weighted by molar-refractivity contribution is -0.111. The quantitative estimate of drug-likeness (QED) is 0.574. The Bertz CT molecular complexity index is 779. The number of carbonyl (C=O) groups is 2. The monoisotopic (exact) mass is 377 g/mol. The number of halogens is 2. The van der Waals surface area contributed by atoms with Crippen molar-refractivity contribution in [2.45, 2.75) is 20.0 Å². The van der Waals surface area contributed by atoms with Crippen LogP contribution in [0.15, 0.2) is 48.5 Å². The molecule has 130 valence electrons. The number of nitrogens with one attached hydrogen (secondary N) is 1. The second kappa shape index (κ2) is 8.70. The minimum atomic E-state index is -0.402. The van der Waals surface area contributed by atoms with Gasteiger partial charge in [-0.25, -0.2) is 4.79 Å². The van der Waals surface area contributed by atoms with Crippen molar-refractivity contribution in [3.05, 3.63) is 69.7 Å². The van der Waals surface area contributed by atoms with Crippen molar-refractivity contribution >= 4 is 46.8 Å². The molecule has 2 rings (SSSR count). The zero-order valence-electron chi connectivity index (χ0n) is 13.8. The van der Waals surface area contributed by atoms with Crippen molar-refractivity contribution in [3.63, 3.8) is 0 Å². The molecule has 0 aliphatic rings. The lowest BCUT2D eigenvalue weighted by atomic mass is 10.2. The van der Waals surface area contributed by atoms with Crippen LogP contribution in [0.4, 0.5) is 5.69 Å². The molecule has 25 heavy (non-hydrogen) atoms. The number of rotatable bonds is 5. The lowest BCUT2D eigenvalue weighted by Crippen LogP contribution is -2.12. The van der Waals surface area contributed by atoms with Gasteiger partial charge >= 0.3 is 5.97 Å². The van der Waals surface area contributed by atoms with Crippen LogP contribution in [0, 0.1) is 0 Å². The number of hydrogen-bond donors (Lipinski definition) is 1. The van der Waals surface area contributed by atoms with Crippen LogP contribution in [-0.2, 0) is 9.53 Å². The largest absolute Gasteiger partial charge is 0.459 e. The smallest absolute Gasteiger partial charge is 0.338 e. The highest BCUT2D eigenvalue weighted by molar-refractivity contribution is 6.37. The first kappa shape index (κ1) is 19.0. The molecule has 0 bridgehead atoms. The summed E-state index contributed by atoms with van der Waals surface area (Å²) in [6.45, 7) is 3.56. The van der Waals surface area contributed by atoms with Crippen LogP contribution in [-0.4, -0.2) is 18.0 Å². The van der Waals surface area contributed by atoms with Crippen LogP contribution in [0.3, 0.4) is 0 Å². The van der Waals surface area contributed by atoms with Gasteiger partial charge in [0.25, 0.3) is 0 Å². The van der Waals surface area contributed by atoms with E-state index in [2.05, 4.69) is 5.32 Å².